The Balaban J connectivity index is 2.24. The number of ketones is 1. The number of hydrogen-bond donors (Lipinski definition) is 2. The molecule has 1 aromatic heterocycles. The van der Waals surface area contributed by atoms with Crippen LogP contribution in [-0.4, -0.2) is 34.4 Å². The summed E-state index contributed by atoms with van der Waals surface area (Å²) < 4.78 is 5.59. The highest BCUT2D eigenvalue weighted by Gasteiger charge is 2.16. The first-order chi connectivity index (χ1) is 12.7. The molecule has 2 rings (SSSR count). The van der Waals surface area contributed by atoms with E-state index < -0.39 is 23.2 Å². The molecule has 8 heteroatoms. The average Bonchev–Trinajstić information content (AvgIpc) is 2.64. The predicted molar refractivity (Wildman–Crippen MR) is 98.5 cm³/mol. The molecule has 27 heavy (non-hydrogen) atoms. The SMILES string of the molecule is COC(=O)C(=O)Nc1cccc(/C=C/C(=O)c2c(O)cc(C)n(C)c2=O)c1. The molecular formula is C19H18N2O6. The van der Waals surface area contributed by atoms with Crippen LogP contribution in [0.4, 0.5) is 5.69 Å². The Morgan fingerprint density at radius 3 is 2.59 bits per heavy atom. The summed E-state index contributed by atoms with van der Waals surface area (Å²) in [5, 5.41) is 12.3. The second-order valence-electron chi connectivity index (χ2n) is 5.68. The minimum absolute atomic E-state index is 0.325. The summed E-state index contributed by atoms with van der Waals surface area (Å²) in [6.45, 7) is 1.64. The van der Waals surface area contributed by atoms with Crippen molar-refractivity contribution in [3.63, 3.8) is 0 Å². The normalized spacial score (nSPS) is 10.6. The van der Waals surface area contributed by atoms with Crippen LogP contribution in [0, 0.1) is 6.92 Å². The highest BCUT2D eigenvalue weighted by Crippen LogP contribution is 2.17. The number of methoxy groups -OCH3 is 1. The Hall–Kier alpha value is -3.68. The molecule has 1 amide bonds. The van der Waals surface area contributed by atoms with Gasteiger partial charge in [-0.1, -0.05) is 18.2 Å². The first kappa shape index (κ1) is 19.6. The smallest absolute Gasteiger partial charge is 0.396 e. The van der Waals surface area contributed by atoms with Crippen molar-refractivity contribution in [2.75, 3.05) is 12.4 Å². The maximum atomic E-state index is 12.3. The summed E-state index contributed by atoms with van der Waals surface area (Å²) in [6.07, 6.45) is 2.57. The fraction of sp³-hybridized carbons (Fsp3) is 0.158. The number of esters is 1. The Morgan fingerprint density at radius 1 is 1.22 bits per heavy atom. The molecule has 0 unspecified atom stereocenters. The minimum Gasteiger partial charge on any atom is -0.507 e. The van der Waals surface area contributed by atoms with E-state index in [1.165, 1.54) is 29.8 Å². The molecule has 0 aliphatic heterocycles. The molecule has 0 spiro atoms. The summed E-state index contributed by atoms with van der Waals surface area (Å²) >= 11 is 0. The van der Waals surface area contributed by atoms with Crippen LogP contribution in [-0.2, 0) is 21.4 Å². The zero-order valence-electron chi connectivity index (χ0n) is 15.0. The molecular weight excluding hydrogens is 352 g/mol. The quantitative estimate of drug-likeness (QED) is 0.364. The number of aromatic hydroxyl groups is 1. The van der Waals surface area contributed by atoms with E-state index in [-0.39, 0.29) is 11.3 Å². The van der Waals surface area contributed by atoms with Gasteiger partial charge >= 0.3 is 11.9 Å². The van der Waals surface area contributed by atoms with E-state index in [1.54, 1.807) is 25.1 Å². The van der Waals surface area contributed by atoms with Gasteiger partial charge < -0.3 is 19.7 Å². The van der Waals surface area contributed by atoms with E-state index in [2.05, 4.69) is 10.1 Å². The predicted octanol–water partition coefficient (Wildman–Crippen LogP) is 1.41. The van der Waals surface area contributed by atoms with Crippen molar-refractivity contribution < 1.29 is 24.2 Å². The number of rotatable bonds is 4. The van der Waals surface area contributed by atoms with Crippen molar-refractivity contribution in [1.29, 1.82) is 0 Å². The number of allylic oxidation sites excluding steroid dienone is 1. The molecule has 8 nitrogen and oxygen atoms in total. The third-order valence-corrected chi connectivity index (χ3v) is 3.84. The van der Waals surface area contributed by atoms with Crippen molar-refractivity contribution in [3.05, 3.63) is 63.6 Å². The first-order valence-corrected chi connectivity index (χ1v) is 7.86. The summed E-state index contributed by atoms with van der Waals surface area (Å²) in [5.74, 6) is -3.00. The monoisotopic (exact) mass is 370 g/mol. The van der Waals surface area contributed by atoms with Crippen LogP contribution >= 0.6 is 0 Å². The zero-order valence-corrected chi connectivity index (χ0v) is 15.0. The fourth-order valence-electron chi connectivity index (χ4n) is 2.29. The van der Waals surface area contributed by atoms with Gasteiger partial charge in [0.1, 0.15) is 11.3 Å². The number of aryl methyl sites for hydroxylation is 1. The number of aromatic nitrogens is 1. The van der Waals surface area contributed by atoms with Gasteiger partial charge in [0, 0.05) is 24.5 Å². The minimum atomic E-state index is -1.03. The van der Waals surface area contributed by atoms with Crippen LogP contribution in [0.1, 0.15) is 21.6 Å². The van der Waals surface area contributed by atoms with Crippen molar-refractivity contribution in [3.8, 4) is 5.75 Å². The maximum Gasteiger partial charge on any atom is 0.396 e. The van der Waals surface area contributed by atoms with E-state index in [0.29, 0.717) is 16.9 Å². The number of benzene rings is 1. The van der Waals surface area contributed by atoms with Gasteiger partial charge in [-0.15, -0.1) is 0 Å². The number of hydrogen-bond acceptors (Lipinski definition) is 6. The number of anilines is 1. The van der Waals surface area contributed by atoms with Crippen molar-refractivity contribution in [1.82, 2.24) is 4.57 Å². The van der Waals surface area contributed by atoms with Crippen molar-refractivity contribution in [2.45, 2.75) is 6.92 Å². The van der Waals surface area contributed by atoms with E-state index in [4.69, 9.17) is 0 Å². The Morgan fingerprint density at radius 2 is 1.93 bits per heavy atom. The lowest BCUT2D eigenvalue weighted by Gasteiger charge is -2.07. The maximum absolute atomic E-state index is 12.3. The van der Waals surface area contributed by atoms with Gasteiger partial charge in [0.25, 0.3) is 5.56 Å². The average molecular weight is 370 g/mol. The van der Waals surface area contributed by atoms with Crippen LogP contribution in [0.2, 0.25) is 0 Å². The molecule has 0 bridgehead atoms. The zero-order chi connectivity index (χ0) is 20.1. The standard InChI is InChI=1S/C19H18N2O6/c1-11-9-15(23)16(18(25)21(11)2)14(22)8-7-12-5-4-6-13(10-12)20-17(24)19(26)27-3/h4-10,23H,1-3H3,(H,20,24)/b8-7+. The van der Waals surface area contributed by atoms with E-state index >= 15 is 0 Å². The number of carbonyl (C=O) groups is 3. The number of nitrogens with zero attached hydrogens (tertiary/aromatic N) is 1. The molecule has 2 N–H and O–H groups in total. The molecule has 140 valence electrons. The van der Waals surface area contributed by atoms with Crippen molar-refractivity contribution in [2.24, 2.45) is 7.05 Å². The fourth-order valence-corrected chi connectivity index (χ4v) is 2.29. The lowest BCUT2D eigenvalue weighted by molar-refractivity contribution is -0.150. The molecule has 0 fully saturated rings. The van der Waals surface area contributed by atoms with Gasteiger partial charge in [0.05, 0.1) is 7.11 Å². The molecule has 0 aliphatic carbocycles. The number of nitrogens with one attached hydrogen (secondary N) is 1. The molecule has 1 aromatic carbocycles. The van der Waals surface area contributed by atoms with E-state index in [1.807, 2.05) is 0 Å². The highest BCUT2D eigenvalue weighted by molar-refractivity contribution is 6.37. The molecule has 0 saturated heterocycles. The lowest BCUT2D eigenvalue weighted by Crippen LogP contribution is -2.25. The molecule has 0 radical (unpaired) electrons. The van der Waals surface area contributed by atoms with Gasteiger partial charge in [0.2, 0.25) is 0 Å². The summed E-state index contributed by atoms with van der Waals surface area (Å²) in [5.41, 5.74) is 0.464. The Bertz CT molecular complexity index is 1000. The van der Waals surface area contributed by atoms with Gasteiger partial charge in [0.15, 0.2) is 5.78 Å². The molecule has 0 atom stereocenters. The van der Waals surface area contributed by atoms with Gasteiger partial charge in [-0.3, -0.25) is 14.4 Å². The van der Waals surface area contributed by atoms with Crippen LogP contribution in [0.25, 0.3) is 6.08 Å². The van der Waals surface area contributed by atoms with Crippen molar-refractivity contribution >= 4 is 29.4 Å². The number of carbonyl (C=O) groups excluding carboxylic acids is 3. The van der Waals surface area contributed by atoms with Gasteiger partial charge in [-0.25, -0.2) is 4.79 Å². The van der Waals surface area contributed by atoms with Crippen LogP contribution < -0.4 is 10.9 Å². The first-order valence-electron chi connectivity index (χ1n) is 7.86. The number of pyridine rings is 1. The lowest BCUT2D eigenvalue weighted by atomic mass is 10.1. The Kier molecular flexibility index (Phi) is 5.92. The van der Waals surface area contributed by atoms with Crippen LogP contribution in [0.15, 0.2) is 41.2 Å². The van der Waals surface area contributed by atoms with E-state index in [9.17, 15) is 24.3 Å². The van der Waals surface area contributed by atoms with Crippen LogP contribution in [0.5, 0.6) is 5.75 Å². The van der Waals surface area contributed by atoms with Gasteiger partial charge in [-0.2, -0.15) is 0 Å². The van der Waals surface area contributed by atoms with Crippen LogP contribution in [0.3, 0.4) is 0 Å². The third kappa shape index (κ3) is 4.49. The molecule has 0 aliphatic rings. The molecule has 1 heterocycles. The second-order valence-corrected chi connectivity index (χ2v) is 5.68. The summed E-state index contributed by atoms with van der Waals surface area (Å²) in [7, 11) is 2.60. The molecule has 2 aromatic rings. The van der Waals surface area contributed by atoms with Gasteiger partial charge in [-0.05, 0) is 30.7 Å². The summed E-state index contributed by atoms with van der Waals surface area (Å²) in [4.78, 5) is 47.2. The molecule has 0 saturated carbocycles. The Labute approximate surface area is 154 Å². The largest absolute Gasteiger partial charge is 0.507 e. The van der Waals surface area contributed by atoms with E-state index in [0.717, 1.165) is 13.2 Å². The topological polar surface area (TPSA) is 115 Å². The summed E-state index contributed by atoms with van der Waals surface area (Å²) in [6, 6.07) is 7.69. The number of amides is 1. The number of ether oxygens (including phenoxy) is 1. The second kappa shape index (κ2) is 8.13. The third-order valence-electron chi connectivity index (χ3n) is 3.84. The highest BCUT2D eigenvalue weighted by atomic mass is 16.5.